The molecule has 3 rings (SSSR count). The Bertz CT molecular complexity index is 723. The minimum absolute atomic E-state index is 0.189. The average Bonchev–Trinajstić information content (AvgIpc) is 3.14. The summed E-state index contributed by atoms with van der Waals surface area (Å²) in [5.41, 5.74) is 1.80. The zero-order valence-electron chi connectivity index (χ0n) is 15.2. The van der Waals surface area contributed by atoms with Crippen molar-refractivity contribution in [1.82, 2.24) is 0 Å². The molecule has 1 aliphatic heterocycles. The van der Waals surface area contributed by atoms with E-state index in [1.54, 1.807) is 6.92 Å². The number of anilines is 1. The van der Waals surface area contributed by atoms with Gasteiger partial charge in [-0.25, -0.2) is 0 Å². The zero-order valence-corrected chi connectivity index (χ0v) is 15.2. The van der Waals surface area contributed by atoms with Crippen LogP contribution in [0.3, 0.4) is 0 Å². The standard InChI is InChI=1S/C21H25NO4/c1-15-5-3-6-19(13-15)26-16(2)21(23)22-17-8-10-18(11-9-17)25-14-20-7-4-12-24-20/h3,5-6,8-11,13,16,20H,4,7,12,14H2,1-2H3,(H,22,23)/t16-,20-/m1/s1. The fourth-order valence-electron chi connectivity index (χ4n) is 2.79. The fraction of sp³-hybridized carbons (Fsp3) is 0.381. The summed E-state index contributed by atoms with van der Waals surface area (Å²) in [6.45, 7) is 5.10. The lowest BCUT2D eigenvalue weighted by atomic mass is 10.2. The third kappa shape index (κ3) is 5.23. The number of hydrogen-bond donors (Lipinski definition) is 1. The van der Waals surface area contributed by atoms with E-state index in [0.717, 1.165) is 30.8 Å². The molecule has 26 heavy (non-hydrogen) atoms. The van der Waals surface area contributed by atoms with E-state index < -0.39 is 6.10 Å². The number of hydrogen-bond acceptors (Lipinski definition) is 4. The third-order valence-electron chi connectivity index (χ3n) is 4.25. The second kappa shape index (κ2) is 8.72. The second-order valence-corrected chi connectivity index (χ2v) is 6.54. The van der Waals surface area contributed by atoms with Crippen LogP contribution >= 0.6 is 0 Å². The van der Waals surface area contributed by atoms with Crippen molar-refractivity contribution < 1.29 is 19.0 Å². The number of nitrogens with one attached hydrogen (secondary N) is 1. The maximum atomic E-state index is 12.3. The Balaban J connectivity index is 1.48. The first-order valence-electron chi connectivity index (χ1n) is 8.99. The summed E-state index contributed by atoms with van der Waals surface area (Å²) < 4.78 is 17.0. The Kier molecular flexibility index (Phi) is 6.12. The number of benzene rings is 2. The molecule has 2 aromatic carbocycles. The molecule has 0 bridgehead atoms. The van der Waals surface area contributed by atoms with Crippen LogP contribution < -0.4 is 14.8 Å². The molecular weight excluding hydrogens is 330 g/mol. The topological polar surface area (TPSA) is 56.8 Å². The van der Waals surface area contributed by atoms with Crippen LogP contribution in [-0.2, 0) is 9.53 Å². The Morgan fingerprint density at radius 1 is 1.23 bits per heavy atom. The van der Waals surface area contributed by atoms with E-state index in [-0.39, 0.29) is 12.0 Å². The molecule has 0 saturated carbocycles. The second-order valence-electron chi connectivity index (χ2n) is 6.54. The molecule has 1 N–H and O–H groups in total. The maximum absolute atomic E-state index is 12.3. The van der Waals surface area contributed by atoms with Crippen molar-refractivity contribution in [1.29, 1.82) is 0 Å². The van der Waals surface area contributed by atoms with Crippen molar-refractivity contribution in [3.63, 3.8) is 0 Å². The van der Waals surface area contributed by atoms with Crippen LogP contribution in [0.15, 0.2) is 48.5 Å². The smallest absolute Gasteiger partial charge is 0.265 e. The van der Waals surface area contributed by atoms with Gasteiger partial charge in [0.05, 0.1) is 6.10 Å². The van der Waals surface area contributed by atoms with E-state index in [2.05, 4.69) is 5.32 Å². The molecule has 138 valence electrons. The number of amides is 1. The fourth-order valence-corrected chi connectivity index (χ4v) is 2.79. The van der Waals surface area contributed by atoms with Gasteiger partial charge in [0, 0.05) is 12.3 Å². The van der Waals surface area contributed by atoms with Crippen LogP contribution in [-0.4, -0.2) is 31.3 Å². The first kappa shape index (κ1) is 18.3. The van der Waals surface area contributed by atoms with E-state index in [1.807, 2.05) is 55.5 Å². The molecule has 5 heteroatoms. The lowest BCUT2D eigenvalue weighted by molar-refractivity contribution is -0.122. The molecule has 0 aromatic heterocycles. The van der Waals surface area contributed by atoms with Crippen LogP contribution in [0.1, 0.15) is 25.3 Å². The van der Waals surface area contributed by atoms with Crippen LogP contribution in [0.2, 0.25) is 0 Å². The van der Waals surface area contributed by atoms with Gasteiger partial charge in [0.1, 0.15) is 18.1 Å². The summed E-state index contributed by atoms with van der Waals surface area (Å²) in [4.78, 5) is 12.3. The summed E-state index contributed by atoms with van der Waals surface area (Å²) in [5.74, 6) is 1.26. The van der Waals surface area contributed by atoms with Gasteiger partial charge in [-0.1, -0.05) is 12.1 Å². The molecule has 1 amide bonds. The quantitative estimate of drug-likeness (QED) is 0.817. The molecular formula is C21H25NO4. The highest BCUT2D eigenvalue weighted by Crippen LogP contribution is 2.19. The molecule has 1 aliphatic rings. The third-order valence-corrected chi connectivity index (χ3v) is 4.25. The molecule has 0 unspecified atom stereocenters. The number of carbonyl (C=O) groups is 1. The van der Waals surface area contributed by atoms with Gasteiger partial charge in [-0.15, -0.1) is 0 Å². The van der Waals surface area contributed by atoms with Crippen LogP contribution in [0, 0.1) is 6.92 Å². The number of carbonyl (C=O) groups excluding carboxylic acids is 1. The first-order chi connectivity index (χ1) is 12.6. The van der Waals surface area contributed by atoms with Crippen molar-refractivity contribution in [2.75, 3.05) is 18.5 Å². The average molecular weight is 355 g/mol. The minimum atomic E-state index is -0.591. The van der Waals surface area contributed by atoms with Gasteiger partial charge in [0.15, 0.2) is 6.10 Å². The minimum Gasteiger partial charge on any atom is -0.491 e. The number of aryl methyl sites for hydroxylation is 1. The van der Waals surface area contributed by atoms with Gasteiger partial charge in [0.25, 0.3) is 5.91 Å². The van der Waals surface area contributed by atoms with E-state index >= 15 is 0 Å². The maximum Gasteiger partial charge on any atom is 0.265 e. The summed E-state index contributed by atoms with van der Waals surface area (Å²) in [5, 5.41) is 2.86. The van der Waals surface area contributed by atoms with Crippen LogP contribution in [0.4, 0.5) is 5.69 Å². The number of rotatable bonds is 7. The highest BCUT2D eigenvalue weighted by molar-refractivity contribution is 5.94. The predicted molar refractivity (Wildman–Crippen MR) is 101 cm³/mol. The van der Waals surface area contributed by atoms with Crippen molar-refractivity contribution in [3.8, 4) is 11.5 Å². The van der Waals surface area contributed by atoms with Gasteiger partial charge in [-0.05, 0) is 68.7 Å². The van der Waals surface area contributed by atoms with Crippen molar-refractivity contribution in [2.45, 2.75) is 38.9 Å². The van der Waals surface area contributed by atoms with Crippen molar-refractivity contribution in [3.05, 3.63) is 54.1 Å². The monoisotopic (exact) mass is 355 g/mol. The molecule has 2 atom stereocenters. The van der Waals surface area contributed by atoms with Crippen molar-refractivity contribution in [2.24, 2.45) is 0 Å². The molecule has 2 aromatic rings. The number of ether oxygens (including phenoxy) is 3. The Labute approximate surface area is 154 Å². The molecule has 1 fully saturated rings. The van der Waals surface area contributed by atoms with Gasteiger partial charge >= 0.3 is 0 Å². The molecule has 0 aliphatic carbocycles. The Hall–Kier alpha value is -2.53. The largest absolute Gasteiger partial charge is 0.491 e. The van der Waals surface area contributed by atoms with E-state index in [0.29, 0.717) is 18.0 Å². The Morgan fingerprint density at radius 2 is 2.04 bits per heavy atom. The van der Waals surface area contributed by atoms with E-state index in [1.165, 1.54) is 0 Å². The van der Waals surface area contributed by atoms with Crippen LogP contribution in [0.5, 0.6) is 11.5 Å². The predicted octanol–water partition coefficient (Wildman–Crippen LogP) is 3.96. The highest BCUT2D eigenvalue weighted by atomic mass is 16.5. The first-order valence-corrected chi connectivity index (χ1v) is 8.99. The highest BCUT2D eigenvalue weighted by Gasteiger charge is 2.17. The van der Waals surface area contributed by atoms with Crippen LogP contribution in [0.25, 0.3) is 0 Å². The SMILES string of the molecule is Cc1cccc(O[C@H](C)C(=O)Nc2ccc(OC[C@H]3CCCO3)cc2)c1. The van der Waals surface area contributed by atoms with Gasteiger partial charge in [-0.3, -0.25) is 4.79 Å². The van der Waals surface area contributed by atoms with Gasteiger partial charge in [0.2, 0.25) is 0 Å². The molecule has 0 spiro atoms. The lowest BCUT2D eigenvalue weighted by Crippen LogP contribution is -2.30. The van der Waals surface area contributed by atoms with E-state index in [4.69, 9.17) is 14.2 Å². The normalized spacial score (nSPS) is 17.5. The molecule has 1 heterocycles. The van der Waals surface area contributed by atoms with Crippen molar-refractivity contribution >= 4 is 11.6 Å². The lowest BCUT2D eigenvalue weighted by Gasteiger charge is -2.15. The summed E-state index contributed by atoms with van der Waals surface area (Å²) >= 11 is 0. The molecule has 0 radical (unpaired) electrons. The molecule has 5 nitrogen and oxygen atoms in total. The van der Waals surface area contributed by atoms with Gasteiger partial charge in [-0.2, -0.15) is 0 Å². The summed E-state index contributed by atoms with van der Waals surface area (Å²) in [7, 11) is 0. The van der Waals surface area contributed by atoms with Gasteiger partial charge < -0.3 is 19.5 Å². The Morgan fingerprint density at radius 3 is 2.73 bits per heavy atom. The molecule has 1 saturated heterocycles. The summed E-state index contributed by atoms with van der Waals surface area (Å²) in [6, 6.07) is 15.0. The zero-order chi connectivity index (χ0) is 18.4. The van der Waals surface area contributed by atoms with E-state index in [9.17, 15) is 4.79 Å². The summed E-state index contributed by atoms with van der Waals surface area (Å²) in [6.07, 6.45) is 1.75.